The van der Waals surface area contributed by atoms with Crippen molar-refractivity contribution in [2.24, 2.45) is 0 Å². The number of hydrogen-bond acceptors (Lipinski definition) is 24. The van der Waals surface area contributed by atoms with E-state index in [-0.39, 0.29) is 163 Å². The molecular formula is C62H93N6O30P2S4+. The van der Waals surface area contributed by atoms with E-state index < -0.39 is 115 Å². The highest BCUT2D eigenvalue weighted by atomic mass is 32.2. The zero-order valence-corrected chi connectivity index (χ0v) is 62.5. The summed E-state index contributed by atoms with van der Waals surface area (Å²) >= 11 is 0. The van der Waals surface area contributed by atoms with Crippen LogP contribution < -0.4 is 22.1 Å². The standard InChI is InChI=1S/C62H92N6O30P2S4/c1-61(23-11-37-101(79,80)81)48(15-7-5-8-16-53-62(2,24-12-38-102(82,83)84)50-40-45(104(88,89)90)19-21-51(50)67(53)27-30-91-3)46(47-20-18-44(39-49(47)61)103(85,86)87)14-6-4-9-17-54(69)65-26-29-93-32-34-95-36-35-94-33-31-92-28-22-55(70)64-25-10-13-43-41-68(60(72)66-58(43)63)59-56(71)57(98-100(76,77)78)52(97-59)42-96-99(73,74)75/h5,7-8,15-16,18-21,39-41,46,52,56-57,59,71H,4,6,9-14,17,22-38,42H2,1-3H3,(H11-,63,64,65,66,69,70,72,73,74,75,76,77,78,79,80,81,82,83,84,85,86,87,88,89,90)/p+1/b7-5+,16-8+,48-15-/t46?,52-,56+,57?,59-,61?,62?/m1/s1. The quantitative estimate of drug-likeness (QED) is 0.0127. The lowest BCUT2D eigenvalue weighted by Crippen LogP contribution is -2.38. The van der Waals surface area contributed by atoms with Gasteiger partial charge in [-0.05, 0) is 93.7 Å². The smallest absolute Gasteiger partial charge is 0.386 e. The maximum atomic E-state index is 12.8. The van der Waals surface area contributed by atoms with Gasteiger partial charge in [0.2, 0.25) is 17.5 Å². The Kier molecular flexibility index (Phi) is 32.8. The van der Waals surface area contributed by atoms with E-state index in [9.17, 15) is 90.3 Å². The Bertz CT molecular complexity index is 4220. The number of nitrogens with zero attached hydrogens (tertiary/aromatic N) is 3. The molecule has 0 saturated carbocycles. The summed E-state index contributed by atoms with van der Waals surface area (Å²) < 4.78 is 204. The fraction of sp³-hybridized carbons (Fsp3) is 0.597. The summed E-state index contributed by atoms with van der Waals surface area (Å²) in [6, 6.07) is 8.40. The van der Waals surface area contributed by atoms with Gasteiger partial charge in [0.05, 0.1) is 86.2 Å². The lowest BCUT2D eigenvalue weighted by atomic mass is 9.74. The molecule has 3 heterocycles. The summed E-state index contributed by atoms with van der Waals surface area (Å²) in [7, 11) is -27.0. The number of methoxy groups -OCH3 is 1. The van der Waals surface area contributed by atoms with Crippen molar-refractivity contribution < 1.29 is 137 Å². The number of carbonyl (C=O) groups is 2. The molecule has 584 valence electrons. The minimum absolute atomic E-state index is 0.0226. The summed E-state index contributed by atoms with van der Waals surface area (Å²) in [5.41, 5.74) is 6.82. The van der Waals surface area contributed by atoms with Gasteiger partial charge in [0.1, 0.15) is 30.7 Å². The van der Waals surface area contributed by atoms with Crippen LogP contribution in [0.3, 0.4) is 0 Å². The number of benzene rings is 2. The first-order valence-corrected chi connectivity index (χ1v) is 42.1. The number of nitrogens with one attached hydrogen (secondary N) is 2. The van der Waals surface area contributed by atoms with Gasteiger partial charge in [-0.25, -0.2) is 13.9 Å². The van der Waals surface area contributed by atoms with Crippen LogP contribution in [0.1, 0.15) is 119 Å². The summed E-state index contributed by atoms with van der Waals surface area (Å²) in [5, 5.41) is 16.4. The topological polar surface area (TPSA) is 549 Å². The monoisotopic (exact) mass is 1590 g/mol. The molecule has 1 aliphatic carbocycles. The second-order valence-corrected chi connectivity index (χ2v) is 33.5. The Morgan fingerprint density at radius 3 is 1.88 bits per heavy atom. The highest BCUT2D eigenvalue weighted by Gasteiger charge is 2.51. The van der Waals surface area contributed by atoms with Crippen LogP contribution in [0.25, 0.3) is 0 Å². The van der Waals surface area contributed by atoms with Gasteiger partial charge in [-0.2, -0.15) is 43.2 Å². The lowest BCUT2D eigenvalue weighted by Gasteiger charge is -2.29. The number of nitrogens with two attached hydrogens (primary N) is 1. The summed E-state index contributed by atoms with van der Waals surface area (Å²) in [6.07, 6.45) is 5.91. The van der Waals surface area contributed by atoms with Gasteiger partial charge in [-0.1, -0.05) is 55.7 Å². The van der Waals surface area contributed by atoms with E-state index in [1.807, 2.05) is 17.6 Å². The molecule has 6 rings (SSSR count). The van der Waals surface area contributed by atoms with Crippen molar-refractivity contribution in [2.45, 2.75) is 142 Å². The highest BCUT2D eigenvalue weighted by molar-refractivity contribution is 7.86. The summed E-state index contributed by atoms with van der Waals surface area (Å²) in [4.78, 5) is 77.8. The molecule has 104 heavy (non-hydrogen) atoms. The molecule has 3 aromatic rings. The normalized spacial score (nSPS) is 21.4. The number of hydrogen-bond donors (Lipinski definition) is 12. The van der Waals surface area contributed by atoms with E-state index in [0.717, 1.165) is 15.7 Å². The van der Waals surface area contributed by atoms with Crippen LogP contribution >= 0.6 is 15.6 Å². The van der Waals surface area contributed by atoms with Crippen LogP contribution in [-0.2, 0) is 114 Å². The van der Waals surface area contributed by atoms with E-state index in [1.165, 1.54) is 43.6 Å². The molecular weight excluding hydrogens is 1500 g/mol. The number of carbonyl (C=O) groups excluding carboxylic acids is 2. The molecule has 1 aromatic heterocycles. The molecule has 7 atom stereocenters. The van der Waals surface area contributed by atoms with Crippen molar-refractivity contribution in [2.75, 3.05) is 110 Å². The zero-order valence-electron chi connectivity index (χ0n) is 57.5. The van der Waals surface area contributed by atoms with Crippen molar-refractivity contribution in [3.05, 3.63) is 111 Å². The van der Waals surface area contributed by atoms with Crippen LogP contribution in [0.4, 0.5) is 11.5 Å². The van der Waals surface area contributed by atoms with Gasteiger partial charge in [0, 0.05) is 73.8 Å². The number of ether oxygens (including phenoxy) is 6. The Labute approximate surface area is 602 Å². The number of unbranched alkanes of at least 4 members (excludes halogenated alkanes) is 2. The number of nitrogen functional groups attached to an aromatic ring is 1. The van der Waals surface area contributed by atoms with Crippen molar-refractivity contribution in [3.63, 3.8) is 0 Å². The molecule has 42 heteroatoms. The molecule has 0 radical (unpaired) electrons. The average molecular weight is 1590 g/mol. The molecule has 4 unspecified atom stereocenters. The number of aliphatic hydroxyl groups excluding tert-OH is 1. The van der Waals surface area contributed by atoms with Gasteiger partial charge >= 0.3 is 21.3 Å². The molecule has 1 saturated heterocycles. The fourth-order valence-electron chi connectivity index (χ4n) is 12.7. The molecule has 13 N–H and O–H groups in total. The first kappa shape index (κ1) is 87.4. The number of phosphoric acid groups is 2. The largest absolute Gasteiger partial charge is 0.470 e. The Morgan fingerprint density at radius 1 is 0.702 bits per heavy atom. The van der Waals surface area contributed by atoms with Gasteiger partial charge in [-0.3, -0.25) is 41.4 Å². The third-order valence-electron chi connectivity index (χ3n) is 17.6. The number of fused-ring (bicyclic) bond motifs is 2. The van der Waals surface area contributed by atoms with Gasteiger partial charge in [0.25, 0.3) is 40.5 Å². The van der Waals surface area contributed by atoms with Crippen molar-refractivity contribution in [1.82, 2.24) is 20.2 Å². The van der Waals surface area contributed by atoms with Crippen molar-refractivity contribution >= 4 is 85.1 Å². The van der Waals surface area contributed by atoms with Crippen molar-refractivity contribution in [1.29, 1.82) is 0 Å². The van der Waals surface area contributed by atoms with E-state index in [2.05, 4.69) is 24.7 Å². The molecule has 2 aromatic carbocycles. The van der Waals surface area contributed by atoms with Crippen LogP contribution in [0.2, 0.25) is 0 Å². The molecule has 0 bridgehead atoms. The first-order valence-electron chi connectivity index (χ1n) is 33.0. The van der Waals surface area contributed by atoms with Gasteiger partial charge < -0.3 is 69.5 Å². The van der Waals surface area contributed by atoms with Crippen LogP contribution in [0, 0.1) is 0 Å². The Balaban J connectivity index is 0.904. The molecule has 2 amide bonds. The third kappa shape index (κ3) is 27.0. The predicted octanol–water partition coefficient (Wildman–Crippen LogP) is 2.87. The number of phosphoric ester groups is 2. The van der Waals surface area contributed by atoms with E-state index in [0.29, 0.717) is 54.6 Å². The van der Waals surface area contributed by atoms with Gasteiger partial charge in [-0.15, -0.1) is 0 Å². The van der Waals surface area contributed by atoms with E-state index >= 15 is 0 Å². The van der Waals surface area contributed by atoms with E-state index in [1.54, 1.807) is 37.3 Å². The maximum Gasteiger partial charge on any atom is 0.470 e. The molecule has 1 fully saturated rings. The summed E-state index contributed by atoms with van der Waals surface area (Å²) in [6.45, 7) is 5.30. The minimum Gasteiger partial charge on any atom is -0.386 e. The first-order chi connectivity index (χ1) is 48.7. The number of aromatic nitrogens is 2. The van der Waals surface area contributed by atoms with Crippen molar-refractivity contribution in [3.8, 4) is 0 Å². The SMILES string of the molecule is COCC[N+]1=C(/C=C/C=C/C=C2/C(CCCCCC(=O)NCCOCCOCCOCCOCCC(=O)NCCCc3cn([C@@H]4O[C@H](COP(=O)(O)O)C(OP(=O)(O)O)[C@@H]4O)c(=O)nc3N)c3ccc(S(=O)(=O)O)cc3C2(C)CCCS(=O)(=O)O)C(C)(CCCS(=O)(=O)O)c2cc(S(=O)(=O)O)ccc21. The van der Waals surface area contributed by atoms with Crippen LogP contribution in [0.15, 0.2) is 93.1 Å². The predicted molar refractivity (Wildman–Crippen MR) is 372 cm³/mol. The Hall–Kier alpha value is -5.47. The second-order valence-electron chi connectivity index (χ2n) is 25.1. The van der Waals surface area contributed by atoms with Gasteiger partial charge in [0.15, 0.2) is 18.5 Å². The number of anilines is 1. The number of amides is 2. The number of rotatable bonds is 47. The van der Waals surface area contributed by atoms with Crippen LogP contribution in [-0.4, -0.2) is 231 Å². The third-order valence-corrected chi connectivity index (χ3v) is 21.9. The number of allylic oxidation sites excluding steroid dienone is 6. The molecule has 36 nitrogen and oxygen atoms in total. The lowest BCUT2D eigenvalue weighted by molar-refractivity contribution is -0.441. The number of aliphatic hydroxyl groups is 1. The fourth-order valence-corrected chi connectivity index (χ4v) is 15.6. The highest BCUT2D eigenvalue weighted by Crippen LogP contribution is 2.55. The average Bonchev–Trinajstić information content (AvgIpc) is 1.58. The van der Waals surface area contributed by atoms with Crippen LogP contribution in [0.5, 0.6) is 0 Å². The molecule has 3 aliphatic rings. The zero-order chi connectivity index (χ0) is 76.9. The number of aryl methyl sites for hydroxylation is 1. The molecule has 0 spiro atoms. The maximum absolute atomic E-state index is 12.8. The minimum atomic E-state index is -5.29. The summed E-state index contributed by atoms with van der Waals surface area (Å²) in [5.74, 6) is -2.22. The Morgan fingerprint density at radius 2 is 1.28 bits per heavy atom. The second kappa shape index (κ2) is 39.1. The molecule has 2 aliphatic heterocycles. The van der Waals surface area contributed by atoms with E-state index in [4.69, 9.17) is 43.9 Å².